The van der Waals surface area contributed by atoms with Gasteiger partial charge in [-0.15, -0.1) is 11.3 Å². The van der Waals surface area contributed by atoms with Crippen LogP contribution in [0.15, 0.2) is 142 Å². The zero-order chi connectivity index (χ0) is 30.9. The second-order valence-corrected chi connectivity index (χ2v) is 12.5. The van der Waals surface area contributed by atoms with E-state index in [2.05, 4.69) is 48.5 Å². The largest absolute Gasteiger partial charge is 0.456 e. The van der Waals surface area contributed by atoms with Gasteiger partial charge in [0.25, 0.3) is 0 Å². The van der Waals surface area contributed by atoms with Gasteiger partial charge in [-0.25, -0.2) is 19.9 Å². The summed E-state index contributed by atoms with van der Waals surface area (Å²) < 4.78 is 14.8. The van der Waals surface area contributed by atoms with Crippen LogP contribution in [0.5, 0.6) is 0 Å². The number of para-hydroxylation sites is 1. The summed E-state index contributed by atoms with van der Waals surface area (Å²) in [5.41, 5.74) is 6.88. The average molecular weight is 623 g/mol. The van der Waals surface area contributed by atoms with E-state index in [-0.39, 0.29) is 0 Å². The fraction of sp³-hybridized carbons (Fsp3) is 0. The topological polar surface area (TPSA) is 77.8 Å². The summed E-state index contributed by atoms with van der Waals surface area (Å²) in [4.78, 5) is 20.0. The van der Waals surface area contributed by atoms with E-state index in [1.807, 2.05) is 84.9 Å². The Morgan fingerprint density at radius 3 is 2.00 bits per heavy atom. The lowest BCUT2D eigenvalue weighted by molar-refractivity contribution is 0.620. The minimum absolute atomic E-state index is 0.581. The van der Waals surface area contributed by atoms with Crippen LogP contribution in [0.1, 0.15) is 0 Å². The average Bonchev–Trinajstić information content (AvgIpc) is 3.83. The highest BCUT2D eigenvalue weighted by Crippen LogP contribution is 2.42. The molecule has 4 aromatic heterocycles. The first-order valence-electron chi connectivity index (χ1n) is 15.3. The maximum atomic E-state index is 6.28. The predicted octanol–water partition coefficient (Wildman–Crippen LogP) is 10.9. The van der Waals surface area contributed by atoms with Gasteiger partial charge in [0.1, 0.15) is 16.7 Å². The van der Waals surface area contributed by atoms with Crippen molar-refractivity contribution >= 4 is 64.5 Å². The minimum atomic E-state index is 0.581. The zero-order valence-electron chi connectivity index (χ0n) is 24.7. The predicted molar refractivity (Wildman–Crippen MR) is 189 cm³/mol. The van der Waals surface area contributed by atoms with Crippen molar-refractivity contribution in [1.82, 2.24) is 19.9 Å². The van der Waals surface area contributed by atoms with Gasteiger partial charge >= 0.3 is 0 Å². The normalized spacial score (nSPS) is 11.8. The molecule has 47 heavy (non-hydrogen) atoms. The lowest BCUT2D eigenvalue weighted by Gasteiger charge is -2.09. The molecule has 4 heterocycles. The molecule has 0 amide bonds. The monoisotopic (exact) mass is 622 g/mol. The molecule has 0 aliphatic rings. The van der Waals surface area contributed by atoms with Crippen molar-refractivity contribution in [1.29, 1.82) is 0 Å². The molecule has 10 aromatic rings. The van der Waals surface area contributed by atoms with Gasteiger partial charge in [0.2, 0.25) is 5.89 Å². The van der Waals surface area contributed by atoms with Crippen molar-refractivity contribution in [2.24, 2.45) is 0 Å². The highest BCUT2D eigenvalue weighted by atomic mass is 32.1. The SMILES string of the molecule is c1ccc(-c2nc(-c3ccc4c(c3)oc3ccccc34)nc(-c3cccc4sc5cc6nc(-c7ccccc7)oc6cc5c34)n2)cc1. The third-order valence-corrected chi connectivity index (χ3v) is 9.69. The molecule has 0 N–H and O–H groups in total. The molecule has 7 heteroatoms. The molecule has 0 aliphatic heterocycles. The summed E-state index contributed by atoms with van der Waals surface area (Å²) in [6.45, 7) is 0. The number of nitrogens with zero attached hydrogens (tertiary/aromatic N) is 4. The fourth-order valence-corrected chi connectivity index (χ4v) is 7.49. The Labute approximate surface area is 271 Å². The van der Waals surface area contributed by atoms with Crippen LogP contribution in [-0.2, 0) is 0 Å². The molecule has 0 fully saturated rings. The Kier molecular flexibility index (Phi) is 5.64. The lowest BCUT2D eigenvalue weighted by Crippen LogP contribution is -2.00. The van der Waals surface area contributed by atoms with E-state index >= 15 is 0 Å². The van der Waals surface area contributed by atoms with Crippen LogP contribution < -0.4 is 0 Å². The van der Waals surface area contributed by atoms with Crippen LogP contribution in [0.2, 0.25) is 0 Å². The molecule has 0 saturated carbocycles. The molecule has 0 radical (unpaired) electrons. The number of rotatable bonds is 4. The Morgan fingerprint density at radius 2 is 1.15 bits per heavy atom. The van der Waals surface area contributed by atoms with E-state index < -0.39 is 0 Å². The number of hydrogen-bond donors (Lipinski definition) is 0. The van der Waals surface area contributed by atoms with Crippen LogP contribution in [0.3, 0.4) is 0 Å². The molecule has 10 rings (SSSR count). The quantitative estimate of drug-likeness (QED) is 0.194. The van der Waals surface area contributed by atoms with E-state index in [0.717, 1.165) is 75.5 Å². The van der Waals surface area contributed by atoms with Crippen molar-refractivity contribution in [3.63, 3.8) is 0 Å². The number of furan rings is 1. The van der Waals surface area contributed by atoms with Crippen molar-refractivity contribution in [2.45, 2.75) is 0 Å². The van der Waals surface area contributed by atoms with Crippen molar-refractivity contribution in [3.8, 4) is 45.6 Å². The summed E-state index contributed by atoms with van der Waals surface area (Å²) in [6, 6.07) is 44.8. The molecular weight excluding hydrogens is 601 g/mol. The molecule has 0 atom stereocenters. The minimum Gasteiger partial charge on any atom is -0.456 e. The van der Waals surface area contributed by atoms with Crippen molar-refractivity contribution < 1.29 is 8.83 Å². The Morgan fingerprint density at radius 1 is 0.426 bits per heavy atom. The Hall–Kier alpha value is -6.18. The maximum absolute atomic E-state index is 6.28. The molecule has 0 unspecified atom stereocenters. The highest BCUT2D eigenvalue weighted by molar-refractivity contribution is 7.26. The second kappa shape index (κ2) is 10.2. The molecule has 6 nitrogen and oxygen atoms in total. The number of fused-ring (bicyclic) bond motifs is 7. The third kappa shape index (κ3) is 4.25. The van der Waals surface area contributed by atoms with Crippen LogP contribution in [0.25, 0.3) is 98.8 Å². The third-order valence-electron chi connectivity index (χ3n) is 8.57. The molecule has 220 valence electrons. The fourth-order valence-electron chi connectivity index (χ4n) is 6.34. The number of benzene rings is 6. The molecule has 0 aliphatic carbocycles. The van der Waals surface area contributed by atoms with Crippen LogP contribution in [0.4, 0.5) is 0 Å². The zero-order valence-corrected chi connectivity index (χ0v) is 25.5. The van der Waals surface area contributed by atoms with Crippen LogP contribution in [0, 0.1) is 0 Å². The summed E-state index contributed by atoms with van der Waals surface area (Å²) in [5.74, 6) is 2.40. The van der Waals surface area contributed by atoms with Gasteiger partial charge in [-0.05, 0) is 48.5 Å². The maximum Gasteiger partial charge on any atom is 0.227 e. The second-order valence-electron chi connectivity index (χ2n) is 11.5. The molecule has 0 saturated heterocycles. The smallest absolute Gasteiger partial charge is 0.227 e. The van der Waals surface area contributed by atoms with E-state index in [1.165, 1.54) is 0 Å². The molecular formula is C40H22N4O2S. The molecule has 0 spiro atoms. The number of aromatic nitrogens is 4. The van der Waals surface area contributed by atoms with Gasteiger partial charge in [-0.2, -0.15) is 0 Å². The first kappa shape index (κ1) is 26.1. The van der Waals surface area contributed by atoms with Crippen LogP contribution in [-0.4, -0.2) is 19.9 Å². The van der Waals surface area contributed by atoms with Crippen LogP contribution >= 0.6 is 11.3 Å². The van der Waals surface area contributed by atoms with Gasteiger partial charge in [0.05, 0.1) is 0 Å². The molecule has 0 bridgehead atoms. The Balaban J connectivity index is 1.19. The van der Waals surface area contributed by atoms with E-state index in [9.17, 15) is 0 Å². The van der Waals surface area contributed by atoms with E-state index in [4.69, 9.17) is 28.8 Å². The molecule has 6 aromatic carbocycles. The van der Waals surface area contributed by atoms with Gasteiger partial charge < -0.3 is 8.83 Å². The van der Waals surface area contributed by atoms with Gasteiger partial charge in [-0.3, -0.25) is 0 Å². The standard InChI is InChI=1S/C40H22N4O2S/c1-3-10-23(11-4-1)37-42-38(25-18-19-27-26-14-7-8-16-31(26)45-32(27)20-25)44-39(43-37)28-15-9-17-34-36(28)29-21-33-30(22-35(29)47-34)41-40(46-33)24-12-5-2-6-13-24/h1-22H. The first-order valence-corrected chi connectivity index (χ1v) is 16.1. The summed E-state index contributed by atoms with van der Waals surface area (Å²) in [7, 11) is 0. The Bertz CT molecular complexity index is 2800. The number of thiophene rings is 1. The highest BCUT2D eigenvalue weighted by Gasteiger charge is 2.19. The van der Waals surface area contributed by atoms with Gasteiger partial charge in [0.15, 0.2) is 23.1 Å². The summed E-state index contributed by atoms with van der Waals surface area (Å²) in [5, 5.41) is 4.31. The van der Waals surface area contributed by atoms with Crippen molar-refractivity contribution in [3.05, 3.63) is 133 Å². The van der Waals surface area contributed by atoms with E-state index in [0.29, 0.717) is 23.4 Å². The number of oxazole rings is 1. The van der Waals surface area contributed by atoms with Crippen molar-refractivity contribution in [2.75, 3.05) is 0 Å². The lowest BCUT2D eigenvalue weighted by atomic mass is 10.0. The van der Waals surface area contributed by atoms with Gasteiger partial charge in [-0.1, -0.05) is 84.9 Å². The number of hydrogen-bond acceptors (Lipinski definition) is 7. The summed E-state index contributed by atoms with van der Waals surface area (Å²) >= 11 is 1.73. The summed E-state index contributed by atoms with van der Waals surface area (Å²) in [6.07, 6.45) is 0. The van der Waals surface area contributed by atoms with Gasteiger partial charge in [0, 0.05) is 53.2 Å². The first-order chi connectivity index (χ1) is 23.2. The van der Waals surface area contributed by atoms with E-state index in [1.54, 1.807) is 11.3 Å².